The second-order valence-corrected chi connectivity index (χ2v) is 3.36. The molecule has 14 heavy (non-hydrogen) atoms. The van der Waals surface area contributed by atoms with Gasteiger partial charge in [-0.05, 0) is 25.1 Å². The molecule has 0 atom stereocenters. The van der Waals surface area contributed by atoms with Crippen LogP contribution in [0.25, 0.3) is 11.3 Å². The van der Waals surface area contributed by atoms with Crippen molar-refractivity contribution in [3.05, 3.63) is 40.9 Å². The number of nitrogens with zero attached hydrogens (tertiary/aromatic N) is 1. The Labute approximate surface area is 85.3 Å². The highest BCUT2D eigenvalue weighted by molar-refractivity contribution is 6.31. The summed E-state index contributed by atoms with van der Waals surface area (Å²) < 4.78 is 17.7. The summed E-state index contributed by atoms with van der Waals surface area (Å²) >= 11 is 5.64. The normalized spacial score (nSPS) is 10.5. The molecule has 0 fully saturated rings. The molecule has 0 saturated heterocycles. The van der Waals surface area contributed by atoms with Gasteiger partial charge in [-0.1, -0.05) is 16.8 Å². The highest BCUT2D eigenvalue weighted by atomic mass is 35.5. The van der Waals surface area contributed by atoms with E-state index in [1.165, 1.54) is 12.1 Å². The molecule has 0 radical (unpaired) electrons. The quantitative estimate of drug-likeness (QED) is 0.722. The van der Waals surface area contributed by atoms with Gasteiger partial charge < -0.3 is 4.52 Å². The zero-order valence-electron chi connectivity index (χ0n) is 7.42. The molecule has 1 aromatic carbocycles. The lowest BCUT2D eigenvalue weighted by molar-refractivity contribution is 0.399. The number of aromatic nitrogens is 1. The highest BCUT2D eigenvalue weighted by Crippen LogP contribution is 2.24. The Morgan fingerprint density at radius 3 is 2.71 bits per heavy atom. The Morgan fingerprint density at radius 1 is 1.36 bits per heavy atom. The molecule has 0 aliphatic heterocycles. The zero-order chi connectivity index (χ0) is 10.1. The predicted octanol–water partition coefficient (Wildman–Crippen LogP) is 3.44. The van der Waals surface area contributed by atoms with Crippen LogP contribution < -0.4 is 0 Å². The minimum absolute atomic E-state index is 0.0863. The minimum atomic E-state index is -0.435. The van der Waals surface area contributed by atoms with Crippen LogP contribution >= 0.6 is 11.6 Å². The lowest BCUT2D eigenvalue weighted by Gasteiger charge is -1.97. The van der Waals surface area contributed by atoms with Crippen LogP contribution in [0.1, 0.15) is 5.76 Å². The van der Waals surface area contributed by atoms with Crippen molar-refractivity contribution >= 4 is 11.6 Å². The van der Waals surface area contributed by atoms with Crippen molar-refractivity contribution in [1.82, 2.24) is 5.16 Å². The van der Waals surface area contributed by atoms with E-state index in [2.05, 4.69) is 5.16 Å². The van der Waals surface area contributed by atoms with Crippen molar-refractivity contribution in [2.24, 2.45) is 0 Å². The van der Waals surface area contributed by atoms with Crippen LogP contribution in [-0.4, -0.2) is 5.16 Å². The number of aryl methyl sites for hydroxylation is 1. The maximum atomic E-state index is 12.8. The first-order chi connectivity index (χ1) is 6.66. The third kappa shape index (κ3) is 1.63. The zero-order valence-corrected chi connectivity index (χ0v) is 8.18. The maximum Gasteiger partial charge on any atom is 0.141 e. The fraction of sp³-hybridized carbons (Fsp3) is 0.100. The van der Waals surface area contributed by atoms with Gasteiger partial charge in [-0.2, -0.15) is 0 Å². The molecule has 0 unspecified atom stereocenters. The number of hydrogen-bond acceptors (Lipinski definition) is 2. The number of benzene rings is 1. The molecule has 0 bridgehead atoms. The summed E-state index contributed by atoms with van der Waals surface area (Å²) in [6.45, 7) is 1.79. The van der Waals surface area contributed by atoms with Crippen LogP contribution in [0, 0.1) is 12.7 Å². The van der Waals surface area contributed by atoms with Gasteiger partial charge in [-0.25, -0.2) is 4.39 Å². The maximum absolute atomic E-state index is 12.8. The summed E-state index contributed by atoms with van der Waals surface area (Å²) in [5.74, 6) is 0.274. The van der Waals surface area contributed by atoms with Crippen molar-refractivity contribution in [3.8, 4) is 11.3 Å². The van der Waals surface area contributed by atoms with Gasteiger partial charge in [0.2, 0.25) is 0 Å². The summed E-state index contributed by atoms with van der Waals surface area (Å²) in [6.07, 6.45) is 0. The second kappa shape index (κ2) is 3.42. The molecular formula is C10H7ClFNO. The van der Waals surface area contributed by atoms with E-state index in [4.69, 9.17) is 16.1 Å². The first-order valence-corrected chi connectivity index (χ1v) is 4.43. The SMILES string of the molecule is Cc1cc(-c2ccc(F)c(Cl)c2)no1. The molecule has 0 N–H and O–H groups in total. The Bertz CT molecular complexity index is 467. The van der Waals surface area contributed by atoms with Crippen molar-refractivity contribution in [2.75, 3.05) is 0 Å². The summed E-state index contributed by atoms with van der Waals surface area (Å²) in [7, 11) is 0. The van der Waals surface area contributed by atoms with E-state index in [1.54, 1.807) is 19.1 Å². The van der Waals surface area contributed by atoms with E-state index in [1.807, 2.05) is 0 Å². The van der Waals surface area contributed by atoms with Gasteiger partial charge in [0, 0.05) is 11.6 Å². The molecule has 72 valence electrons. The summed E-state index contributed by atoms with van der Waals surface area (Å²) in [5.41, 5.74) is 1.40. The molecule has 0 aliphatic carbocycles. The lowest BCUT2D eigenvalue weighted by Crippen LogP contribution is -1.80. The number of halogens is 2. The molecule has 0 aliphatic rings. The Kier molecular flexibility index (Phi) is 2.25. The van der Waals surface area contributed by atoms with Crippen molar-refractivity contribution in [3.63, 3.8) is 0 Å². The summed E-state index contributed by atoms with van der Waals surface area (Å²) in [6, 6.07) is 6.21. The smallest absolute Gasteiger partial charge is 0.141 e. The Balaban J connectivity index is 2.47. The molecule has 2 nitrogen and oxygen atoms in total. The largest absolute Gasteiger partial charge is 0.361 e. The van der Waals surface area contributed by atoms with Gasteiger partial charge in [0.15, 0.2) is 0 Å². The fourth-order valence-corrected chi connectivity index (χ4v) is 1.34. The Hall–Kier alpha value is -1.35. The highest BCUT2D eigenvalue weighted by Gasteiger charge is 2.06. The van der Waals surface area contributed by atoms with E-state index < -0.39 is 5.82 Å². The van der Waals surface area contributed by atoms with Gasteiger partial charge in [0.25, 0.3) is 0 Å². The van der Waals surface area contributed by atoms with Crippen LogP contribution in [-0.2, 0) is 0 Å². The van der Waals surface area contributed by atoms with E-state index >= 15 is 0 Å². The van der Waals surface area contributed by atoms with E-state index in [9.17, 15) is 4.39 Å². The first kappa shape index (κ1) is 9.21. The van der Waals surface area contributed by atoms with Crippen molar-refractivity contribution in [2.45, 2.75) is 6.92 Å². The molecule has 0 spiro atoms. The summed E-state index contributed by atoms with van der Waals surface area (Å²) in [5, 5.41) is 3.89. The van der Waals surface area contributed by atoms with Gasteiger partial charge in [-0.15, -0.1) is 0 Å². The van der Waals surface area contributed by atoms with E-state index in [0.29, 0.717) is 11.5 Å². The predicted molar refractivity (Wildman–Crippen MR) is 51.6 cm³/mol. The topological polar surface area (TPSA) is 26.0 Å². The standard InChI is InChI=1S/C10H7ClFNO/c1-6-4-10(13-14-6)7-2-3-9(12)8(11)5-7/h2-5H,1H3. The minimum Gasteiger partial charge on any atom is -0.361 e. The molecule has 4 heteroatoms. The Morgan fingerprint density at radius 2 is 2.14 bits per heavy atom. The van der Waals surface area contributed by atoms with Crippen LogP contribution in [0.3, 0.4) is 0 Å². The van der Waals surface area contributed by atoms with Gasteiger partial charge in [-0.3, -0.25) is 0 Å². The third-order valence-electron chi connectivity index (χ3n) is 1.84. The average Bonchev–Trinajstić information content (AvgIpc) is 2.57. The molecule has 0 saturated carbocycles. The van der Waals surface area contributed by atoms with Gasteiger partial charge in [0.1, 0.15) is 17.3 Å². The molecule has 0 amide bonds. The van der Waals surface area contributed by atoms with E-state index in [0.717, 1.165) is 5.56 Å². The van der Waals surface area contributed by atoms with Crippen LogP contribution in [0.15, 0.2) is 28.8 Å². The van der Waals surface area contributed by atoms with Crippen LogP contribution in [0.4, 0.5) is 4.39 Å². The monoisotopic (exact) mass is 211 g/mol. The number of rotatable bonds is 1. The average molecular weight is 212 g/mol. The second-order valence-electron chi connectivity index (χ2n) is 2.95. The molecular weight excluding hydrogens is 205 g/mol. The third-order valence-corrected chi connectivity index (χ3v) is 2.13. The van der Waals surface area contributed by atoms with Gasteiger partial charge in [0.05, 0.1) is 5.02 Å². The molecule has 1 heterocycles. The lowest BCUT2D eigenvalue weighted by atomic mass is 10.1. The van der Waals surface area contributed by atoms with Crippen molar-refractivity contribution < 1.29 is 8.91 Å². The van der Waals surface area contributed by atoms with Crippen LogP contribution in [0.2, 0.25) is 5.02 Å². The number of hydrogen-bond donors (Lipinski definition) is 0. The fourth-order valence-electron chi connectivity index (χ4n) is 1.16. The van der Waals surface area contributed by atoms with Gasteiger partial charge >= 0.3 is 0 Å². The van der Waals surface area contributed by atoms with Crippen LogP contribution in [0.5, 0.6) is 0 Å². The molecule has 2 aromatic rings. The van der Waals surface area contributed by atoms with Crippen molar-refractivity contribution in [1.29, 1.82) is 0 Å². The molecule has 1 aromatic heterocycles. The van der Waals surface area contributed by atoms with E-state index in [-0.39, 0.29) is 5.02 Å². The molecule has 2 rings (SSSR count). The summed E-state index contributed by atoms with van der Waals surface area (Å²) in [4.78, 5) is 0. The first-order valence-electron chi connectivity index (χ1n) is 4.05.